The van der Waals surface area contributed by atoms with Gasteiger partial charge in [-0.2, -0.15) is 0 Å². The van der Waals surface area contributed by atoms with E-state index in [1.165, 1.54) is 0 Å². The summed E-state index contributed by atoms with van der Waals surface area (Å²) in [5.41, 5.74) is 2.76. The van der Waals surface area contributed by atoms with E-state index in [0.29, 0.717) is 25.3 Å². The number of nitrogens with zero attached hydrogens (tertiary/aromatic N) is 1. The van der Waals surface area contributed by atoms with Crippen molar-refractivity contribution in [1.29, 1.82) is 0 Å². The van der Waals surface area contributed by atoms with E-state index in [9.17, 15) is 4.79 Å². The molecule has 3 aromatic rings. The summed E-state index contributed by atoms with van der Waals surface area (Å²) in [6, 6.07) is 15.5. The molecule has 4 rings (SSSR count). The summed E-state index contributed by atoms with van der Waals surface area (Å²) in [6.07, 6.45) is 1.68. The first-order chi connectivity index (χ1) is 11.8. The van der Waals surface area contributed by atoms with E-state index in [0.717, 1.165) is 28.8 Å². The van der Waals surface area contributed by atoms with Gasteiger partial charge in [-0.1, -0.05) is 30.3 Å². The van der Waals surface area contributed by atoms with Crippen LogP contribution < -0.4 is 10.1 Å². The van der Waals surface area contributed by atoms with E-state index < -0.39 is 6.10 Å². The van der Waals surface area contributed by atoms with E-state index in [1.807, 2.05) is 48.5 Å². The van der Waals surface area contributed by atoms with Gasteiger partial charge in [-0.05, 0) is 30.2 Å². The standard InChI is InChI=1S/C19H18N2O3/c22-19(17-12-13-6-1-3-8-15(13)23-17)20-11-5-10-18-21-14-7-2-4-9-16(14)24-18/h1-4,6-9,17H,5,10-12H2,(H,20,22)/t17-/m1/s1. The summed E-state index contributed by atoms with van der Waals surface area (Å²) in [6.45, 7) is 0.577. The summed E-state index contributed by atoms with van der Waals surface area (Å²) in [5.74, 6) is 1.45. The maximum Gasteiger partial charge on any atom is 0.261 e. The molecular weight excluding hydrogens is 304 g/mol. The van der Waals surface area contributed by atoms with Crippen molar-refractivity contribution in [3.8, 4) is 5.75 Å². The van der Waals surface area contributed by atoms with Crippen LogP contribution in [-0.4, -0.2) is 23.5 Å². The van der Waals surface area contributed by atoms with Gasteiger partial charge in [-0.15, -0.1) is 0 Å². The highest BCUT2D eigenvalue weighted by Gasteiger charge is 2.28. The number of fused-ring (bicyclic) bond motifs is 2. The largest absolute Gasteiger partial charge is 0.480 e. The number of oxazole rings is 1. The summed E-state index contributed by atoms with van der Waals surface area (Å²) in [5, 5.41) is 2.93. The smallest absolute Gasteiger partial charge is 0.261 e. The molecule has 1 aliphatic heterocycles. The zero-order valence-electron chi connectivity index (χ0n) is 13.2. The van der Waals surface area contributed by atoms with Crippen molar-refractivity contribution in [1.82, 2.24) is 10.3 Å². The van der Waals surface area contributed by atoms with Crippen molar-refractivity contribution in [2.24, 2.45) is 0 Å². The van der Waals surface area contributed by atoms with Gasteiger partial charge in [0.1, 0.15) is 11.3 Å². The molecule has 5 nitrogen and oxygen atoms in total. The monoisotopic (exact) mass is 322 g/mol. The molecule has 0 bridgehead atoms. The van der Waals surface area contributed by atoms with Crippen LogP contribution in [0, 0.1) is 0 Å². The number of rotatable bonds is 5. The Morgan fingerprint density at radius 3 is 2.88 bits per heavy atom. The van der Waals surface area contributed by atoms with E-state index in [2.05, 4.69) is 10.3 Å². The third-order valence-corrected chi connectivity index (χ3v) is 4.14. The normalized spacial score (nSPS) is 15.9. The predicted octanol–water partition coefficient (Wildman–Crippen LogP) is 2.88. The minimum Gasteiger partial charge on any atom is -0.480 e. The van der Waals surface area contributed by atoms with Crippen LogP contribution in [0.25, 0.3) is 11.1 Å². The van der Waals surface area contributed by atoms with Crippen LogP contribution in [0.2, 0.25) is 0 Å². The molecule has 1 N–H and O–H groups in total. The Hall–Kier alpha value is -2.82. The molecule has 2 heterocycles. The van der Waals surface area contributed by atoms with Crippen LogP contribution in [-0.2, 0) is 17.6 Å². The fourth-order valence-corrected chi connectivity index (χ4v) is 2.92. The SMILES string of the molecule is O=C(NCCCc1nc2ccccc2o1)[C@H]1Cc2ccccc2O1. The van der Waals surface area contributed by atoms with Gasteiger partial charge in [0.25, 0.3) is 5.91 Å². The molecular formula is C19H18N2O3. The molecule has 122 valence electrons. The van der Waals surface area contributed by atoms with Crippen molar-refractivity contribution >= 4 is 17.0 Å². The van der Waals surface area contributed by atoms with Gasteiger partial charge in [-0.25, -0.2) is 4.98 Å². The molecule has 0 saturated heterocycles. The zero-order valence-corrected chi connectivity index (χ0v) is 13.2. The molecule has 0 aliphatic carbocycles. The molecule has 2 aromatic carbocycles. The highest BCUT2D eigenvalue weighted by atomic mass is 16.5. The first kappa shape index (κ1) is 14.8. The lowest BCUT2D eigenvalue weighted by atomic mass is 10.1. The van der Waals surface area contributed by atoms with Crippen molar-refractivity contribution < 1.29 is 13.9 Å². The van der Waals surface area contributed by atoms with Crippen molar-refractivity contribution in [2.45, 2.75) is 25.4 Å². The number of carbonyl (C=O) groups is 1. The number of aromatic nitrogens is 1. The van der Waals surface area contributed by atoms with Crippen LogP contribution in [0.5, 0.6) is 5.75 Å². The van der Waals surface area contributed by atoms with Gasteiger partial charge in [0.05, 0.1) is 0 Å². The maximum absolute atomic E-state index is 12.2. The summed E-state index contributed by atoms with van der Waals surface area (Å²) in [4.78, 5) is 16.6. The highest BCUT2D eigenvalue weighted by molar-refractivity contribution is 5.82. The van der Waals surface area contributed by atoms with Gasteiger partial charge < -0.3 is 14.5 Å². The molecule has 1 amide bonds. The molecule has 0 fully saturated rings. The van der Waals surface area contributed by atoms with Gasteiger partial charge >= 0.3 is 0 Å². The minimum absolute atomic E-state index is 0.0660. The quantitative estimate of drug-likeness (QED) is 0.734. The van der Waals surface area contributed by atoms with E-state index in [4.69, 9.17) is 9.15 Å². The van der Waals surface area contributed by atoms with E-state index in [1.54, 1.807) is 0 Å². The van der Waals surface area contributed by atoms with E-state index >= 15 is 0 Å². The first-order valence-corrected chi connectivity index (χ1v) is 8.16. The number of hydrogen-bond acceptors (Lipinski definition) is 4. The number of para-hydroxylation sites is 3. The van der Waals surface area contributed by atoms with Crippen molar-refractivity contribution in [3.63, 3.8) is 0 Å². The lowest BCUT2D eigenvalue weighted by Crippen LogP contribution is -2.38. The number of amides is 1. The molecule has 0 saturated carbocycles. The third kappa shape index (κ3) is 2.97. The minimum atomic E-state index is -0.424. The molecule has 24 heavy (non-hydrogen) atoms. The van der Waals surface area contributed by atoms with Crippen molar-refractivity contribution in [3.05, 3.63) is 60.0 Å². The third-order valence-electron chi connectivity index (χ3n) is 4.14. The van der Waals surface area contributed by atoms with Gasteiger partial charge in [0, 0.05) is 19.4 Å². The molecule has 1 atom stereocenters. The Morgan fingerprint density at radius 1 is 1.17 bits per heavy atom. The molecule has 0 unspecified atom stereocenters. The van der Waals surface area contributed by atoms with Crippen LogP contribution in [0.3, 0.4) is 0 Å². The van der Waals surface area contributed by atoms with Crippen LogP contribution in [0.4, 0.5) is 0 Å². The van der Waals surface area contributed by atoms with Crippen molar-refractivity contribution in [2.75, 3.05) is 6.54 Å². The summed E-state index contributed by atoms with van der Waals surface area (Å²) >= 11 is 0. The highest BCUT2D eigenvalue weighted by Crippen LogP contribution is 2.28. The van der Waals surface area contributed by atoms with Gasteiger partial charge in [0.15, 0.2) is 17.6 Å². The predicted molar refractivity (Wildman–Crippen MR) is 89.9 cm³/mol. The Morgan fingerprint density at radius 2 is 2.00 bits per heavy atom. The Kier molecular flexibility index (Phi) is 3.91. The first-order valence-electron chi connectivity index (χ1n) is 8.16. The van der Waals surface area contributed by atoms with Crippen LogP contribution in [0.1, 0.15) is 17.9 Å². The number of ether oxygens (including phenoxy) is 1. The fourth-order valence-electron chi connectivity index (χ4n) is 2.92. The number of carbonyl (C=O) groups excluding carboxylic acids is 1. The summed E-state index contributed by atoms with van der Waals surface area (Å²) < 4.78 is 11.3. The molecule has 1 aromatic heterocycles. The Bertz CT molecular complexity index is 814. The second-order valence-corrected chi connectivity index (χ2v) is 5.89. The average Bonchev–Trinajstić information content (AvgIpc) is 3.21. The number of aryl methyl sites for hydroxylation is 1. The Labute approximate surface area is 139 Å². The fraction of sp³-hybridized carbons (Fsp3) is 0.263. The Balaban J connectivity index is 1.25. The summed E-state index contributed by atoms with van der Waals surface area (Å²) in [7, 11) is 0. The number of hydrogen-bond donors (Lipinski definition) is 1. The molecule has 0 radical (unpaired) electrons. The number of nitrogens with one attached hydrogen (secondary N) is 1. The average molecular weight is 322 g/mol. The second kappa shape index (κ2) is 6.35. The lowest BCUT2D eigenvalue weighted by Gasteiger charge is -2.10. The van der Waals surface area contributed by atoms with Crippen LogP contribution >= 0.6 is 0 Å². The molecule has 1 aliphatic rings. The number of benzene rings is 2. The second-order valence-electron chi connectivity index (χ2n) is 5.89. The molecule has 5 heteroatoms. The van der Waals surface area contributed by atoms with E-state index in [-0.39, 0.29) is 5.91 Å². The van der Waals surface area contributed by atoms with Gasteiger partial charge in [0.2, 0.25) is 0 Å². The lowest BCUT2D eigenvalue weighted by molar-refractivity contribution is -0.127. The molecule has 0 spiro atoms. The zero-order chi connectivity index (χ0) is 16.4. The topological polar surface area (TPSA) is 64.4 Å². The van der Waals surface area contributed by atoms with Crippen LogP contribution in [0.15, 0.2) is 52.9 Å². The maximum atomic E-state index is 12.2. The van der Waals surface area contributed by atoms with Gasteiger partial charge in [-0.3, -0.25) is 4.79 Å².